The number of halogens is 5. The van der Waals surface area contributed by atoms with Crippen molar-refractivity contribution in [3.63, 3.8) is 0 Å². The minimum Gasteiger partial charge on any atom is -0.463 e. The summed E-state index contributed by atoms with van der Waals surface area (Å²) in [7, 11) is 0. The summed E-state index contributed by atoms with van der Waals surface area (Å²) in [6, 6.07) is 9.73. The summed E-state index contributed by atoms with van der Waals surface area (Å²) in [6.07, 6.45) is 2.01. The van der Waals surface area contributed by atoms with Crippen LogP contribution < -0.4 is 21.5 Å². The minimum atomic E-state index is -2.30. The molecule has 2 fully saturated rings. The van der Waals surface area contributed by atoms with Gasteiger partial charge in [-0.1, -0.05) is 30.7 Å². The van der Waals surface area contributed by atoms with Gasteiger partial charge in [-0.15, -0.1) is 11.3 Å². The molecule has 1 aliphatic heterocycles. The predicted molar refractivity (Wildman–Crippen MR) is 192 cm³/mol. The van der Waals surface area contributed by atoms with E-state index in [1.807, 2.05) is 19.1 Å². The minimum absolute atomic E-state index is 0.000939. The highest BCUT2D eigenvalue weighted by Crippen LogP contribution is 2.48. The van der Waals surface area contributed by atoms with Crippen molar-refractivity contribution in [3.05, 3.63) is 64.3 Å². The fourth-order valence-electron chi connectivity index (χ4n) is 6.92. The number of benzene rings is 2. The number of nitriles is 1. The predicted octanol–water partition coefficient (Wildman–Crippen LogP) is 8.23. The van der Waals surface area contributed by atoms with Crippen molar-refractivity contribution >= 4 is 60.6 Å². The van der Waals surface area contributed by atoms with Crippen molar-refractivity contribution < 1.29 is 22.3 Å². The lowest BCUT2D eigenvalue weighted by Gasteiger charge is -2.34. The van der Waals surface area contributed by atoms with Gasteiger partial charge in [0, 0.05) is 52.9 Å². The third-order valence-electron chi connectivity index (χ3n) is 10.1. The number of hydrogen-bond acceptors (Lipinski definition) is 10. The molecule has 0 radical (unpaired) electrons. The zero-order valence-corrected chi connectivity index (χ0v) is 29.2. The van der Waals surface area contributed by atoms with Crippen LogP contribution in [0.3, 0.4) is 0 Å². The number of nitrogens with one attached hydrogen (secondary N) is 1. The lowest BCUT2D eigenvalue weighted by atomic mass is 9.96. The Bertz CT molecular complexity index is 2160. The van der Waals surface area contributed by atoms with Crippen LogP contribution in [0.5, 0.6) is 6.01 Å². The first-order valence-electron chi connectivity index (χ1n) is 16.7. The maximum Gasteiger partial charge on any atom is 0.319 e. The van der Waals surface area contributed by atoms with E-state index in [-0.39, 0.29) is 77.5 Å². The number of ether oxygens (including phenoxy) is 1. The van der Waals surface area contributed by atoms with Crippen LogP contribution >= 0.6 is 22.9 Å². The van der Waals surface area contributed by atoms with Gasteiger partial charge >= 0.3 is 6.01 Å². The summed E-state index contributed by atoms with van der Waals surface area (Å²) >= 11 is 7.70. The first kappa shape index (κ1) is 35.0. The Kier molecular flexibility index (Phi) is 9.56. The smallest absolute Gasteiger partial charge is 0.319 e. The fourth-order valence-corrected chi connectivity index (χ4v) is 8.16. The van der Waals surface area contributed by atoms with Gasteiger partial charge in [-0.05, 0) is 68.1 Å². The van der Waals surface area contributed by atoms with Crippen molar-refractivity contribution in [2.75, 3.05) is 49.6 Å². The quantitative estimate of drug-likeness (QED) is 0.114. The number of piperidine rings is 1. The second kappa shape index (κ2) is 13.9. The number of nitrogen functional groups attached to an aromatic ring is 2. The van der Waals surface area contributed by atoms with E-state index in [0.717, 1.165) is 29.7 Å². The Morgan fingerprint density at radius 2 is 1.94 bits per heavy atom. The molecule has 2 aromatic carbocycles. The Morgan fingerprint density at radius 1 is 1.18 bits per heavy atom. The molecular formula is C36H35ClF4N8OS. The molecule has 4 heterocycles. The zero-order chi connectivity index (χ0) is 36.0. The molecule has 7 rings (SSSR count). The third kappa shape index (κ3) is 6.82. The average molecular weight is 739 g/mol. The normalized spacial score (nSPS) is 16.8. The van der Waals surface area contributed by atoms with E-state index >= 15 is 4.39 Å². The maximum absolute atomic E-state index is 16.9. The van der Waals surface area contributed by atoms with Gasteiger partial charge < -0.3 is 26.4 Å². The molecule has 5 aromatic rings. The monoisotopic (exact) mass is 738 g/mol. The number of alkyl halides is 2. The standard InChI is InChI=1S/C36H35ClF4N8OS/c1-18(20-3-2-10-45-32(20)43)15-46-34-22-13-24(37)27(21-4-5-25(38)30-26(21)23(14-42)33(44)51-30)28(39)29(22)47-35(48-34)50-17-36(8-9-36)16-49-11-6-19(7-12-49)31(40)41/h2-5,10,13,18-19,31H,6-9,11-12,15-17,44H2,1H3,(H2,43,45)(H,46,47,48)/t18-/m0/s1. The van der Waals surface area contributed by atoms with E-state index in [9.17, 15) is 18.4 Å². The van der Waals surface area contributed by atoms with Crippen LogP contribution in [-0.4, -0.2) is 59.1 Å². The molecule has 15 heteroatoms. The fraction of sp³-hybridized carbons (Fsp3) is 0.389. The largest absolute Gasteiger partial charge is 0.463 e. The molecule has 1 atom stereocenters. The van der Waals surface area contributed by atoms with E-state index in [2.05, 4.69) is 25.2 Å². The molecular weight excluding hydrogens is 704 g/mol. The summed E-state index contributed by atoms with van der Waals surface area (Å²) < 4.78 is 64.5. The van der Waals surface area contributed by atoms with E-state index in [1.165, 1.54) is 18.2 Å². The number of fused-ring (bicyclic) bond motifs is 2. The summed E-state index contributed by atoms with van der Waals surface area (Å²) in [5.74, 6) is -1.40. The van der Waals surface area contributed by atoms with Crippen molar-refractivity contribution in [2.24, 2.45) is 11.3 Å². The Morgan fingerprint density at radius 3 is 2.63 bits per heavy atom. The van der Waals surface area contributed by atoms with Gasteiger partial charge in [-0.2, -0.15) is 15.2 Å². The van der Waals surface area contributed by atoms with Crippen LogP contribution in [0.2, 0.25) is 5.02 Å². The number of nitrogens with zero attached hydrogens (tertiary/aromatic N) is 5. The van der Waals surface area contributed by atoms with Gasteiger partial charge in [0.2, 0.25) is 6.43 Å². The maximum atomic E-state index is 16.9. The van der Waals surface area contributed by atoms with Gasteiger partial charge in [-0.25, -0.2) is 22.5 Å². The number of rotatable bonds is 11. The van der Waals surface area contributed by atoms with Crippen LogP contribution in [0.4, 0.5) is 34.2 Å². The molecule has 5 N–H and O–H groups in total. The van der Waals surface area contributed by atoms with Crippen molar-refractivity contribution in [3.8, 4) is 23.2 Å². The Labute approximate surface area is 300 Å². The van der Waals surface area contributed by atoms with Crippen LogP contribution in [0.15, 0.2) is 36.5 Å². The van der Waals surface area contributed by atoms with Gasteiger partial charge in [-0.3, -0.25) is 0 Å². The Hall–Kier alpha value is -4.45. The first-order valence-corrected chi connectivity index (χ1v) is 17.9. The number of anilines is 3. The number of likely N-dealkylation sites (tertiary alicyclic amines) is 1. The molecule has 1 saturated heterocycles. The molecule has 1 aliphatic carbocycles. The van der Waals surface area contributed by atoms with E-state index in [0.29, 0.717) is 44.8 Å². The van der Waals surface area contributed by atoms with Crippen LogP contribution in [0.1, 0.15) is 49.7 Å². The second-order valence-corrected chi connectivity index (χ2v) is 15.0. The molecule has 0 spiro atoms. The van der Waals surface area contributed by atoms with Crippen molar-refractivity contribution in [1.29, 1.82) is 5.26 Å². The third-order valence-corrected chi connectivity index (χ3v) is 11.4. The molecule has 0 unspecified atom stereocenters. The number of thiophene rings is 1. The zero-order valence-electron chi connectivity index (χ0n) is 27.7. The van der Waals surface area contributed by atoms with Crippen LogP contribution in [0.25, 0.3) is 32.1 Å². The molecule has 51 heavy (non-hydrogen) atoms. The van der Waals surface area contributed by atoms with Crippen LogP contribution in [0, 0.1) is 34.3 Å². The highest BCUT2D eigenvalue weighted by atomic mass is 35.5. The lowest BCUT2D eigenvalue weighted by molar-refractivity contribution is 0.0278. The van der Waals surface area contributed by atoms with E-state index < -0.39 is 24.0 Å². The van der Waals surface area contributed by atoms with Crippen molar-refractivity contribution in [1.82, 2.24) is 19.9 Å². The van der Waals surface area contributed by atoms with Crippen molar-refractivity contribution in [2.45, 2.75) is 45.0 Å². The highest BCUT2D eigenvalue weighted by molar-refractivity contribution is 7.23. The molecule has 0 bridgehead atoms. The topological polar surface area (TPSA) is 139 Å². The first-order chi connectivity index (χ1) is 24.5. The number of pyridine rings is 1. The number of aromatic nitrogens is 3. The van der Waals surface area contributed by atoms with Gasteiger partial charge in [0.1, 0.15) is 34.0 Å². The summed E-state index contributed by atoms with van der Waals surface area (Å²) in [4.78, 5) is 15.6. The van der Waals surface area contributed by atoms with E-state index in [1.54, 1.807) is 12.3 Å². The molecule has 3 aromatic heterocycles. The van der Waals surface area contributed by atoms with E-state index in [4.69, 9.17) is 27.8 Å². The average Bonchev–Trinajstić information content (AvgIpc) is 3.79. The Balaban J connectivity index is 1.25. The molecule has 9 nitrogen and oxygen atoms in total. The van der Waals surface area contributed by atoms with Gasteiger partial charge in [0.25, 0.3) is 0 Å². The number of nitrogens with two attached hydrogens (primary N) is 2. The summed E-state index contributed by atoms with van der Waals surface area (Å²) in [5.41, 5.74) is 12.9. The molecule has 266 valence electrons. The lowest BCUT2D eigenvalue weighted by Crippen LogP contribution is -2.40. The van der Waals surface area contributed by atoms with Gasteiger partial charge in [0.05, 0.1) is 21.9 Å². The second-order valence-electron chi connectivity index (χ2n) is 13.5. The SMILES string of the molecule is C[C@@H](CNc1nc(OCC2(CN3CCC(C(F)F)CC3)CC2)nc2c(F)c(-c3ccc(F)c4sc(N)c(C#N)c34)c(Cl)cc12)c1cccnc1N. The molecule has 0 amide bonds. The van der Waals surface area contributed by atoms with Crippen LogP contribution in [-0.2, 0) is 0 Å². The molecule has 1 saturated carbocycles. The number of hydrogen-bond donors (Lipinski definition) is 3. The molecule has 2 aliphatic rings. The van der Waals surface area contributed by atoms with Gasteiger partial charge in [0.15, 0.2) is 5.82 Å². The summed E-state index contributed by atoms with van der Waals surface area (Å²) in [6.45, 7) is 4.48. The summed E-state index contributed by atoms with van der Waals surface area (Å²) in [5, 5.41) is 13.7. The highest BCUT2D eigenvalue weighted by Gasteiger charge is 2.45.